The molecule has 2 aromatic rings. The van der Waals surface area contributed by atoms with Gasteiger partial charge in [-0.05, 0) is 40.0 Å². The van der Waals surface area contributed by atoms with E-state index in [2.05, 4.69) is 85.3 Å². The highest BCUT2D eigenvalue weighted by Gasteiger charge is 2.45. The van der Waals surface area contributed by atoms with Crippen molar-refractivity contribution < 1.29 is 32.7 Å². The van der Waals surface area contributed by atoms with Gasteiger partial charge in [0.2, 0.25) is 5.89 Å². The highest BCUT2D eigenvalue weighted by molar-refractivity contribution is 9.10. The summed E-state index contributed by atoms with van der Waals surface area (Å²) in [7, 11) is -0.850. The topological polar surface area (TPSA) is 148 Å². The molecule has 0 bridgehead atoms. The molecule has 3 N–H and O–H groups in total. The van der Waals surface area contributed by atoms with Crippen molar-refractivity contribution in [3.8, 4) is 11.5 Å². The minimum Gasteiger partial charge on any atom is -0.543 e. The quantitative estimate of drug-likeness (QED) is 0.105. The van der Waals surface area contributed by atoms with Crippen LogP contribution in [-0.2, 0) is 21.8 Å². The van der Waals surface area contributed by atoms with Crippen molar-refractivity contribution in [2.45, 2.75) is 64.2 Å². The second-order valence-electron chi connectivity index (χ2n) is 11.0. The van der Waals surface area contributed by atoms with Crippen LogP contribution in [-0.4, -0.2) is 56.6 Å². The van der Waals surface area contributed by atoms with E-state index in [1.807, 2.05) is 6.07 Å². The van der Waals surface area contributed by atoms with Crippen molar-refractivity contribution in [1.82, 2.24) is 15.5 Å². The second kappa shape index (κ2) is 16.3. The average Bonchev–Trinajstić information content (AvgIpc) is 3.43. The summed E-state index contributed by atoms with van der Waals surface area (Å²) < 4.78 is 28.6. The lowest BCUT2D eigenvalue weighted by molar-refractivity contribution is 0.0546. The zero-order valence-electron chi connectivity index (χ0n) is 26.0. The number of amides is 1. The van der Waals surface area contributed by atoms with E-state index < -0.39 is 26.4 Å². The van der Waals surface area contributed by atoms with Crippen LogP contribution in [0.15, 0.2) is 40.4 Å². The molecule has 0 radical (unpaired) electrons. The van der Waals surface area contributed by atoms with Gasteiger partial charge < -0.3 is 34.2 Å². The molecular weight excluding hydrogens is 656 g/mol. The monoisotopic (exact) mass is 698 g/mol. The Bertz CT molecular complexity index is 1290. The van der Waals surface area contributed by atoms with Crippen LogP contribution < -0.4 is 20.2 Å². The molecule has 2 rings (SSSR count). The molecule has 11 nitrogen and oxygen atoms in total. The van der Waals surface area contributed by atoms with Crippen molar-refractivity contribution in [2.24, 2.45) is 11.7 Å². The van der Waals surface area contributed by atoms with E-state index in [9.17, 15) is 9.59 Å². The minimum atomic E-state index is -2.39. The number of benzene rings is 1. The number of carbonyl (C=O) groups is 2. The van der Waals surface area contributed by atoms with Gasteiger partial charge in [0.15, 0.2) is 5.82 Å². The van der Waals surface area contributed by atoms with Gasteiger partial charge in [-0.15, -0.1) is 0 Å². The summed E-state index contributed by atoms with van der Waals surface area (Å²) >= 11 is 5.02. The zero-order chi connectivity index (χ0) is 32.4. The fraction of sp³-hybridized carbons (Fsp3) is 0.517. The maximum Gasteiger partial charge on any atom is 0.407 e. The number of rotatable bonds is 17. The van der Waals surface area contributed by atoms with Crippen LogP contribution in [0, 0.1) is 5.92 Å². The fourth-order valence-corrected chi connectivity index (χ4v) is 7.81. The number of hydrogen-bond donors (Lipinski definition) is 2. The molecular formula is C29H43BrN4O7SSi. The Balaban J connectivity index is 2.33. The Hall–Kier alpha value is -2.81. The van der Waals surface area contributed by atoms with E-state index in [1.165, 1.54) is 31.0 Å². The van der Waals surface area contributed by atoms with E-state index in [0.717, 1.165) is 0 Å². The van der Waals surface area contributed by atoms with Gasteiger partial charge in [0.1, 0.15) is 24.7 Å². The van der Waals surface area contributed by atoms with Crippen molar-refractivity contribution in [1.29, 1.82) is 0 Å². The normalized spacial score (nSPS) is 12.4. The number of aromatic nitrogens is 2. The zero-order valence-corrected chi connectivity index (χ0v) is 29.4. The van der Waals surface area contributed by atoms with E-state index in [-0.39, 0.29) is 36.5 Å². The third-order valence-corrected chi connectivity index (χ3v) is 13.8. The maximum atomic E-state index is 13.3. The van der Waals surface area contributed by atoms with Crippen LogP contribution in [0.4, 0.5) is 4.79 Å². The minimum absolute atomic E-state index is 0.0164. The molecule has 1 aromatic carbocycles. The Labute approximate surface area is 267 Å². The number of nitrogens with two attached hydrogens (primary N) is 1. The average molecular weight is 700 g/mol. The molecule has 1 aromatic heterocycles. The lowest BCUT2D eigenvalue weighted by atomic mass is 9.99. The maximum absolute atomic E-state index is 13.3. The number of thioether (sulfide) groups is 1. The van der Waals surface area contributed by atoms with Gasteiger partial charge in [-0.25, -0.2) is 9.59 Å². The summed E-state index contributed by atoms with van der Waals surface area (Å²) in [6, 6.07) is 1.21. The molecule has 43 heavy (non-hydrogen) atoms. The van der Waals surface area contributed by atoms with Crippen LogP contribution >= 0.6 is 27.7 Å². The predicted molar refractivity (Wildman–Crippen MR) is 174 cm³/mol. The Morgan fingerprint density at radius 3 is 2.47 bits per heavy atom. The van der Waals surface area contributed by atoms with Crippen LogP contribution in [0.2, 0.25) is 18.1 Å². The number of methoxy groups -OCH3 is 1. The fourth-order valence-electron chi connectivity index (χ4n) is 3.74. The second-order valence-corrected chi connectivity index (χ2v) is 17.4. The van der Waals surface area contributed by atoms with Crippen LogP contribution in [0.25, 0.3) is 0 Å². The summed E-state index contributed by atoms with van der Waals surface area (Å²) in [5.74, 6) is 2.09. The Morgan fingerprint density at radius 2 is 1.86 bits per heavy atom. The van der Waals surface area contributed by atoms with Gasteiger partial charge in [-0.1, -0.05) is 58.2 Å². The van der Waals surface area contributed by atoms with E-state index in [1.54, 1.807) is 0 Å². The molecule has 0 aliphatic heterocycles. The summed E-state index contributed by atoms with van der Waals surface area (Å²) in [5.41, 5.74) is 7.35. The van der Waals surface area contributed by atoms with Crippen molar-refractivity contribution in [3.63, 3.8) is 0 Å². The third-order valence-electron chi connectivity index (χ3n) is 7.48. The molecule has 238 valence electrons. The number of ether oxygens (including phenoxy) is 3. The van der Waals surface area contributed by atoms with Crippen LogP contribution in [0.5, 0.6) is 11.5 Å². The van der Waals surface area contributed by atoms with Crippen molar-refractivity contribution in [3.05, 3.63) is 58.7 Å². The number of nitrogens with zero attached hydrogens (tertiary/aromatic N) is 2. The van der Waals surface area contributed by atoms with Crippen LogP contribution in [0.1, 0.15) is 61.4 Å². The molecule has 14 heteroatoms. The first-order chi connectivity index (χ1) is 20.2. The summed E-state index contributed by atoms with van der Waals surface area (Å²) in [6.45, 7) is 20.4. The lowest BCUT2D eigenvalue weighted by Gasteiger charge is -2.43. The SMILES string of the molecule is C=CCOC(=O)NCc1noc([C@@H](N)CSCc2c(O[Si](C)(C)C(C)(C)C(C)C)cc(OC)c(Br)c2C(=O)OCC=C)n1. The van der Waals surface area contributed by atoms with E-state index in [0.29, 0.717) is 44.5 Å². The number of halogens is 1. The Morgan fingerprint density at radius 1 is 1.21 bits per heavy atom. The number of esters is 1. The molecule has 0 spiro atoms. The third kappa shape index (κ3) is 9.59. The molecule has 1 atom stereocenters. The molecule has 0 fully saturated rings. The van der Waals surface area contributed by atoms with Gasteiger partial charge in [0.25, 0.3) is 8.32 Å². The highest BCUT2D eigenvalue weighted by atomic mass is 79.9. The molecule has 0 saturated carbocycles. The van der Waals surface area contributed by atoms with Gasteiger partial charge in [0.05, 0.1) is 29.7 Å². The lowest BCUT2D eigenvalue weighted by Crippen LogP contribution is -2.48. The van der Waals surface area contributed by atoms with Gasteiger partial charge in [-0.2, -0.15) is 16.7 Å². The molecule has 0 aliphatic carbocycles. The highest BCUT2D eigenvalue weighted by Crippen LogP contribution is 2.47. The van der Waals surface area contributed by atoms with Gasteiger partial charge in [0, 0.05) is 23.1 Å². The van der Waals surface area contributed by atoms with Crippen LogP contribution in [0.3, 0.4) is 0 Å². The first-order valence-electron chi connectivity index (χ1n) is 13.7. The number of hydrogen-bond acceptors (Lipinski definition) is 11. The number of nitrogens with one attached hydrogen (secondary N) is 1. The van der Waals surface area contributed by atoms with Gasteiger partial charge >= 0.3 is 12.1 Å². The Kier molecular flexibility index (Phi) is 13.8. The smallest absolute Gasteiger partial charge is 0.407 e. The molecule has 0 aliphatic rings. The summed E-state index contributed by atoms with van der Waals surface area (Å²) in [6.07, 6.45) is 2.35. The van der Waals surface area contributed by atoms with Crippen molar-refractivity contribution in [2.75, 3.05) is 26.1 Å². The predicted octanol–water partition coefficient (Wildman–Crippen LogP) is 6.55. The number of alkyl carbamates (subject to hydrolysis) is 1. The standard InChI is InChI=1S/C29H43BrN4O7SSi/c1-10-12-38-27(35)24-19(21(14-22(37-7)25(24)30)41-43(8,9)29(5,6)18(3)4)16-42-17-20(31)26-33-23(34-40-26)15-32-28(36)39-13-11-2/h10-11,14,18,20H,1-2,12-13,15-17,31H2,3-9H3,(H,32,36)/t20-/m0/s1. The van der Waals surface area contributed by atoms with Crippen molar-refractivity contribution >= 4 is 48.1 Å². The molecule has 0 saturated heterocycles. The largest absolute Gasteiger partial charge is 0.543 e. The van der Waals surface area contributed by atoms with E-state index in [4.69, 9.17) is 28.9 Å². The van der Waals surface area contributed by atoms with Gasteiger partial charge in [-0.3, -0.25) is 0 Å². The summed E-state index contributed by atoms with van der Waals surface area (Å²) in [4.78, 5) is 29.2. The summed E-state index contributed by atoms with van der Waals surface area (Å²) in [5, 5.41) is 6.31. The molecule has 0 unspecified atom stereocenters. The molecule has 1 amide bonds. The molecule has 1 heterocycles. The van der Waals surface area contributed by atoms with E-state index >= 15 is 0 Å². The number of carbonyl (C=O) groups excluding carboxylic acids is 2. The first kappa shape index (κ1) is 36.4. The first-order valence-corrected chi connectivity index (χ1v) is 18.6.